The number of carbonyl (C=O) groups excluding carboxylic acids is 2. The molecule has 0 aliphatic rings. The molecule has 0 unspecified atom stereocenters. The van der Waals surface area contributed by atoms with E-state index in [1.807, 2.05) is 30.3 Å². The summed E-state index contributed by atoms with van der Waals surface area (Å²) in [6.07, 6.45) is 3.22. The summed E-state index contributed by atoms with van der Waals surface area (Å²) >= 11 is 1.39. The number of aryl methyl sites for hydroxylation is 1. The van der Waals surface area contributed by atoms with Crippen LogP contribution >= 0.6 is 11.3 Å². The molecule has 134 valence electrons. The van der Waals surface area contributed by atoms with Crippen LogP contribution in [0.25, 0.3) is 0 Å². The first kappa shape index (κ1) is 18.9. The zero-order valence-corrected chi connectivity index (χ0v) is 15.1. The topological polar surface area (TPSA) is 96.0 Å². The zero-order valence-electron chi connectivity index (χ0n) is 14.2. The third-order valence-electron chi connectivity index (χ3n) is 3.39. The van der Waals surface area contributed by atoms with Gasteiger partial charge in [-0.05, 0) is 12.0 Å². The molecule has 0 aliphatic carbocycles. The second-order valence-corrected chi connectivity index (χ2v) is 6.56. The number of anilines is 1. The molecule has 25 heavy (non-hydrogen) atoms. The molecular formula is C17H23N5O2S. The van der Waals surface area contributed by atoms with Gasteiger partial charge >= 0.3 is 6.03 Å². The fraction of sp³-hybridized carbons (Fsp3) is 0.412. The predicted molar refractivity (Wildman–Crippen MR) is 98.4 cm³/mol. The maximum absolute atomic E-state index is 11.9. The third-order valence-corrected chi connectivity index (χ3v) is 4.29. The highest BCUT2D eigenvalue weighted by molar-refractivity contribution is 7.15. The van der Waals surface area contributed by atoms with Crippen LogP contribution in [0.1, 0.15) is 36.8 Å². The van der Waals surface area contributed by atoms with E-state index >= 15 is 0 Å². The number of nitrogens with zero attached hydrogens (tertiary/aromatic N) is 2. The minimum atomic E-state index is -0.297. The smallest absolute Gasteiger partial charge is 0.315 e. The largest absolute Gasteiger partial charge is 0.338 e. The molecular weight excluding hydrogens is 338 g/mol. The van der Waals surface area contributed by atoms with Crippen molar-refractivity contribution < 1.29 is 9.59 Å². The zero-order chi connectivity index (χ0) is 17.9. The highest BCUT2D eigenvalue weighted by atomic mass is 32.1. The Labute approximate surface area is 151 Å². The molecule has 1 aromatic carbocycles. The van der Waals surface area contributed by atoms with E-state index in [0.717, 1.165) is 29.8 Å². The number of unbranched alkanes of at least 4 members (excludes halogenated alkanes) is 1. The van der Waals surface area contributed by atoms with Crippen LogP contribution in [0.3, 0.4) is 0 Å². The summed E-state index contributed by atoms with van der Waals surface area (Å²) in [6.45, 7) is 2.82. The molecule has 3 amide bonds. The Balaban J connectivity index is 1.61. The summed E-state index contributed by atoms with van der Waals surface area (Å²) in [6, 6.07) is 9.33. The van der Waals surface area contributed by atoms with E-state index in [1.165, 1.54) is 11.3 Å². The van der Waals surface area contributed by atoms with Crippen molar-refractivity contribution in [3.8, 4) is 0 Å². The molecule has 0 saturated carbocycles. The van der Waals surface area contributed by atoms with E-state index in [0.29, 0.717) is 11.7 Å². The molecule has 0 aliphatic heterocycles. The van der Waals surface area contributed by atoms with Gasteiger partial charge in [-0.2, -0.15) is 0 Å². The maximum Gasteiger partial charge on any atom is 0.315 e. The average Bonchev–Trinajstić information content (AvgIpc) is 3.06. The standard InChI is InChI=1S/C17H23N5O2S/c1-2-3-9-15-21-22-17(25-15)20-14(23)10-11-18-16(24)19-12-13-7-5-4-6-8-13/h4-8H,2-3,9-12H2,1H3,(H2,18,19,24)(H,20,22,23). The van der Waals surface area contributed by atoms with Crippen molar-refractivity contribution in [2.75, 3.05) is 11.9 Å². The summed E-state index contributed by atoms with van der Waals surface area (Å²) in [4.78, 5) is 23.5. The highest BCUT2D eigenvalue weighted by Gasteiger charge is 2.08. The first-order chi connectivity index (χ1) is 12.2. The molecule has 0 saturated heterocycles. The molecule has 0 atom stereocenters. The van der Waals surface area contributed by atoms with Gasteiger partial charge in [0.1, 0.15) is 5.01 Å². The van der Waals surface area contributed by atoms with Gasteiger partial charge in [0.15, 0.2) is 0 Å². The lowest BCUT2D eigenvalue weighted by Crippen LogP contribution is -2.36. The number of carbonyl (C=O) groups is 2. The van der Waals surface area contributed by atoms with Crippen molar-refractivity contribution in [3.63, 3.8) is 0 Å². The number of urea groups is 1. The summed E-state index contributed by atoms with van der Waals surface area (Å²) in [5.74, 6) is -0.193. The summed E-state index contributed by atoms with van der Waals surface area (Å²) in [5, 5.41) is 17.5. The van der Waals surface area contributed by atoms with E-state index < -0.39 is 0 Å². The lowest BCUT2D eigenvalue weighted by Gasteiger charge is -2.07. The van der Waals surface area contributed by atoms with Gasteiger partial charge in [-0.15, -0.1) is 10.2 Å². The van der Waals surface area contributed by atoms with Gasteiger partial charge < -0.3 is 16.0 Å². The van der Waals surface area contributed by atoms with Crippen molar-refractivity contribution in [2.45, 2.75) is 39.2 Å². The Hall–Kier alpha value is -2.48. The Morgan fingerprint density at radius 2 is 1.92 bits per heavy atom. The van der Waals surface area contributed by atoms with Crippen LogP contribution in [0, 0.1) is 0 Å². The number of amides is 3. The second kappa shape index (κ2) is 10.4. The van der Waals surface area contributed by atoms with Crippen LogP contribution in [-0.2, 0) is 17.8 Å². The van der Waals surface area contributed by atoms with E-state index in [-0.39, 0.29) is 24.9 Å². The van der Waals surface area contributed by atoms with Gasteiger partial charge in [0, 0.05) is 25.9 Å². The lowest BCUT2D eigenvalue weighted by molar-refractivity contribution is -0.116. The maximum atomic E-state index is 11.9. The fourth-order valence-corrected chi connectivity index (χ4v) is 2.84. The van der Waals surface area contributed by atoms with E-state index in [2.05, 4.69) is 33.1 Å². The molecule has 2 aromatic rings. The van der Waals surface area contributed by atoms with Crippen molar-refractivity contribution >= 4 is 28.4 Å². The first-order valence-electron chi connectivity index (χ1n) is 8.35. The van der Waals surface area contributed by atoms with Gasteiger partial charge in [-0.1, -0.05) is 55.0 Å². The Morgan fingerprint density at radius 1 is 1.12 bits per heavy atom. The number of benzene rings is 1. The SMILES string of the molecule is CCCCc1nnc(NC(=O)CCNC(=O)NCc2ccccc2)s1. The first-order valence-corrected chi connectivity index (χ1v) is 9.17. The van der Waals surface area contributed by atoms with Crippen molar-refractivity contribution in [1.29, 1.82) is 0 Å². The third kappa shape index (κ3) is 7.30. The van der Waals surface area contributed by atoms with Crippen LogP contribution in [0.2, 0.25) is 0 Å². The summed E-state index contributed by atoms with van der Waals surface area (Å²) in [7, 11) is 0. The Kier molecular flexibility index (Phi) is 7.84. The minimum absolute atomic E-state index is 0.183. The van der Waals surface area contributed by atoms with Crippen molar-refractivity contribution in [3.05, 3.63) is 40.9 Å². The monoisotopic (exact) mass is 361 g/mol. The number of nitrogens with one attached hydrogen (secondary N) is 3. The second-order valence-electron chi connectivity index (χ2n) is 5.50. The van der Waals surface area contributed by atoms with Gasteiger partial charge in [0.2, 0.25) is 11.0 Å². The number of hydrogen-bond acceptors (Lipinski definition) is 5. The minimum Gasteiger partial charge on any atom is -0.338 e. The molecule has 2 rings (SSSR count). The normalized spacial score (nSPS) is 10.3. The fourth-order valence-electron chi connectivity index (χ4n) is 2.05. The number of aromatic nitrogens is 2. The van der Waals surface area contributed by atoms with Crippen LogP contribution in [0.4, 0.5) is 9.93 Å². The lowest BCUT2D eigenvalue weighted by atomic mass is 10.2. The van der Waals surface area contributed by atoms with Gasteiger partial charge in [-0.3, -0.25) is 4.79 Å². The van der Waals surface area contributed by atoms with Gasteiger partial charge in [0.05, 0.1) is 0 Å². The van der Waals surface area contributed by atoms with Crippen LogP contribution < -0.4 is 16.0 Å². The van der Waals surface area contributed by atoms with Crippen molar-refractivity contribution in [1.82, 2.24) is 20.8 Å². The molecule has 3 N–H and O–H groups in total. The molecule has 0 bridgehead atoms. The highest BCUT2D eigenvalue weighted by Crippen LogP contribution is 2.17. The molecule has 1 aromatic heterocycles. The van der Waals surface area contributed by atoms with E-state index in [1.54, 1.807) is 0 Å². The summed E-state index contributed by atoms with van der Waals surface area (Å²) < 4.78 is 0. The van der Waals surface area contributed by atoms with Gasteiger partial charge in [-0.25, -0.2) is 4.79 Å². The van der Waals surface area contributed by atoms with Gasteiger partial charge in [0.25, 0.3) is 0 Å². The van der Waals surface area contributed by atoms with E-state index in [4.69, 9.17) is 0 Å². The quantitative estimate of drug-likeness (QED) is 0.640. The number of rotatable bonds is 9. The number of hydrogen-bond donors (Lipinski definition) is 3. The van der Waals surface area contributed by atoms with Crippen LogP contribution in [-0.4, -0.2) is 28.7 Å². The predicted octanol–water partition coefficient (Wildman–Crippen LogP) is 2.71. The molecule has 0 spiro atoms. The molecule has 1 heterocycles. The molecule has 0 radical (unpaired) electrons. The Morgan fingerprint density at radius 3 is 2.68 bits per heavy atom. The van der Waals surface area contributed by atoms with Crippen LogP contribution in [0.15, 0.2) is 30.3 Å². The van der Waals surface area contributed by atoms with E-state index in [9.17, 15) is 9.59 Å². The molecule has 8 heteroatoms. The summed E-state index contributed by atoms with van der Waals surface area (Å²) in [5.41, 5.74) is 1.02. The van der Waals surface area contributed by atoms with Crippen LogP contribution in [0.5, 0.6) is 0 Å². The molecule has 0 fully saturated rings. The molecule has 7 nitrogen and oxygen atoms in total. The van der Waals surface area contributed by atoms with Crippen molar-refractivity contribution in [2.24, 2.45) is 0 Å². The Bertz CT molecular complexity index is 675. The average molecular weight is 361 g/mol.